The molecular weight excluding hydrogens is 194 g/mol. The second-order valence-corrected chi connectivity index (χ2v) is 4.35. The lowest BCUT2D eigenvalue weighted by Gasteiger charge is -2.09. The smallest absolute Gasteiger partial charge is 0.0952 e. The lowest BCUT2D eigenvalue weighted by atomic mass is 10.2. The van der Waals surface area contributed by atoms with Crippen LogP contribution < -0.4 is 5.73 Å². The molecule has 2 N–H and O–H groups in total. The van der Waals surface area contributed by atoms with E-state index in [1.807, 2.05) is 19.4 Å². The average Bonchev–Trinajstić information content (AvgIpc) is 2.75. The van der Waals surface area contributed by atoms with Crippen molar-refractivity contribution in [2.45, 2.75) is 19.5 Å². The molecule has 0 saturated carbocycles. The van der Waals surface area contributed by atoms with E-state index in [1.165, 1.54) is 4.88 Å². The van der Waals surface area contributed by atoms with Crippen LogP contribution in [0.25, 0.3) is 0 Å². The molecule has 0 amide bonds. The van der Waals surface area contributed by atoms with Gasteiger partial charge in [0.25, 0.3) is 0 Å². The maximum absolute atomic E-state index is 5.83. The van der Waals surface area contributed by atoms with E-state index in [2.05, 4.69) is 27.1 Å². The minimum Gasteiger partial charge on any atom is -0.328 e. The van der Waals surface area contributed by atoms with Gasteiger partial charge in [0, 0.05) is 17.1 Å². The lowest BCUT2D eigenvalue weighted by molar-refractivity contribution is 0.679. The topological polar surface area (TPSA) is 43.8 Å². The summed E-state index contributed by atoms with van der Waals surface area (Å²) in [5.74, 6) is 0. The van der Waals surface area contributed by atoms with Crippen molar-refractivity contribution in [2.75, 3.05) is 0 Å². The van der Waals surface area contributed by atoms with E-state index < -0.39 is 0 Å². The molecule has 14 heavy (non-hydrogen) atoms. The van der Waals surface area contributed by atoms with Crippen LogP contribution in [0.4, 0.5) is 0 Å². The van der Waals surface area contributed by atoms with Gasteiger partial charge in [0.15, 0.2) is 0 Å². The Kier molecular flexibility index (Phi) is 2.65. The van der Waals surface area contributed by atoms with Gasteiger partial charge in [-0.25, -0.2) is 4.98 Å². The molecule has 2 rings (SSSR count). The summed E-state index contributed by atoms with van der Waals surface area (Å²) in [7, 11) is 0. The molecule has 0 aliphatic carbocycles. The normalized spacial score (nSPS) is 13.0. The number of hydrogen-bond donors (Lipinski definition) is 1. The maximum atomic E-state index is 5.83. The van der Waals surface area contributed by atoms with E-state index >= 15 is 0 Å². The summed E-state index contributed by atoms with van der Waals surface area (Å²) < 4.78 is 2.09. The molecule has 0 aliphatic rings. The van der Waals surface area contributed by atoms with Crippen molar-refractivity contribution in [1.82, 2.24) is 9.55 Å². The highest BCUT2D eigenvalue weighted by atomic mass is 32.1. The van der Waals surface area contributed by atoms with Crippen LogP contribution in [0.3, 0.4) is 0 Å². The van der Waals surface area contributed by atoms with Gasteiger partial charge < -0.3 is 10.3 Å². The lowest BCUT2D eigenvalue weighted by Crippen LogP contribution is -2.11. The molecule has 0 spiro atoms. The summed E-state index contributed by atoms with van der Waals surface area (Å²) in [6.07, 6.45) is 3.66. The van der Waals surface area contributed by atoms with E-state index in [9.17, 15) is 0 Å². The van der Waals surface area contributed by atoms with Crippen LogP contribution in [-0.4, -0.2) is 9.55 Å². The van der Waals surface area contributed by atoms with Crippen LogP contribution in [0.15, 0.2) is 30.0 Å². The summed E-state index contributed by atoms with van der Waals surface area (Å²) in [5, 5.41) is 2.08. The first-order chi connectivity index (χ1) is 6.77. The molecule has 0 radical (unpaired) electrons. The Morgan fingerprint density at radius 3 is 3.14 bits per heavy atom. The van der Waals surface area contributed by atoms with E-state index in [0.29, 0.717) is 0 Å². The summed E-state index contributed by atoms with van der Waals surface area (Å²) in [4.78, 5) is 5.44. The number of imidazole rings is 1. The minimum absolute atomic E-state index is 0.0393. The number of aromatic nitrogens is 2. The Labute approximate surface area is 87.2 Å². The first-order valence-corrected chi connectivity index (χ1v) is 5.43. The quantitative estimate of drug-likeness (QED) is 0.836. The molecule has 4 heteroatoms. The van der Waals surface area contributed by atoms with Crippen LogP contribution in [0.1, 0.15) is 23.5 Å². The first kappa shape index (κ1) is 9.43. The number of nitrogens with zero attached hydrogens (tertiary/aromatic N) is 2. The third-order valence-corrected chi connectivity index (χ3v) is 2.98. The molecule has 0 bridgehead atoms. The monoisotopic (exact) mass is 207 g/mol. The molecular formula is C10H13N3S. The van der Waals surface area contributed by atoms with Gasteiger partial charge in [0.1, 0.15) is 0 Å². The van der Waals surface area contributed by atoms with Gasteiger partial charge >= 0.3 is 0 Å². The zero-order valence-electron chi connectivity index (χ0n) is 8.05. The van der Waals surface area contributed by atoms with E-state index in [-0.39, 0.29) is 6.04 Å². The van der Waals surface area contributed by atoms with Crippen molar-refractivity contribution < 1.29 is 0 Å². The summed E-state index contributed by atoms with van der Waals surface area (Å²) in [6, 6.07) is 4.22. The fraction of sp³-hybridized carbons (Fsp3) is 0.300. The molecule has 2 heterocycles. The second-order valence-electron chi connectivity index (χ2n) is 3.31. The van der Waals surface area contributed by atoms with Crippen LogP contribution in [-0.2, 0) is 6.54 Å². The highest BCUT2D eigenvalue weighted by molar-refractivity contribution is 7.09. The summed E-state index contributed by atoms with van der Waals surface area (Å²) in [6.45, 7) is 2.84. The van der Waals surface area contributed by atoms with Crippen molar-refractivity contribution in [3.05, 3.63) is 40.6 Å². The van der Waals surface area contributed by atoms with Gasteiger partial charge in [-0.1, -0.05) is 6.07 Å². The average molecular weight is 207 g/mol. The van der Waals surface area contributed by atoms with Gasteiger partial charge in [-0.2, -0.15) is 0 Å². The van der Waals surface area contributed by atoms with Crippen LogP contribution in [0, 0.1) is 0 Å². The van der Waals surface area contributed by atoms with Crippen LogP contribution in [0.5, 0.6) is 0 Å². The number of thiophene rings is 1. The standard InChI is InChI=1S/C10H13N3S/c1-8(11)10-5-12-7-13(10)6-9-3-2-4-14-9/h2-5,7-8H,6,11H2,1H3/t8-/m1/s1. The number of nitrogens with two attached hydrogens (primary N) is 1. The Morgan fingerprint density at radius 2 is 2.50 bits per heavy atom. The summed E-state index contributed by atoms with van der Waals surface area (Å²) >= 11 is 1.75. The molecule has 74 valence electrons. The van der Waals surface area contributed by atoms with Crippen molar-refractivity contribution in [1.29, 1.82) is 0 Å². The predicted molar refractivity (Wildman–Crippen MR) is 58.3 cm³/mol. The molecule has 0 aromatic carbocycles. The van der Waals surface area contributed by atoms with Gasteiger partial charge in [-0.3, -0.25) is 0 Å². The zero-order chi connectivity index (χ0) is 9.97. The van der Waals surface area contributed by atoms with Gasteiger partial charge in [-0.05, 0) is 18.4 Å². The first-order valence-electron chi connectivity index (χ1n) is 4.55. The molecule has 0 aliphatic heterocycles. The Hall–Kier alpha value is -1.13. The van der Waals surface area contributed by atoms with E-state index in [1.54, 1.807) is 11.3 Å². The molecule has 2 aromatic heterocycles. The Morgan fingerprint density at radius 1 is 1.64 bits per heavy atom. The van der Waals surface area contributed by atoms with E-state index in [0.717, 1.165) is 12.2 Å². The third-order valence-electron chi connectivity index (χ3n) is 2.12. The van der Waals surface area contributed by atoms with Crippen molar-refractivity contribution in [3.8, 4) is 0 Å². The van der Waals surface area contributed by atoms with Gasteiger partial charge in [-0.15, -0.1) is 11.3 Å². The third kappa shape index (κ3) is 1.86. The largest absolute Gasteiger partial charge is 0.328 e. The van der Waals surface area contributed by atoms with Gasteiger partial charge in [0.05, 0.1) is 18.6 Å². The van der Waals surface area contributed by atoms with Crippen LogP contribution in [0.2, 0.25) is 0 Å². The van der Waals surface area contributed by atoms with Crippen molar-refractivity contribution in [3.63, 3.8) is 0 Å². The minimum atomic E-state index is 0.0393. The molecule has 2 aromatic rings. The Balaban J connectivity index is 2.21. The SMILES string of the molecule is C[C@@H](N)c1cncn1Cc1cccs1. The highest BCUT2D eigenvalue weighted by Gasteiger charge is 2.06. The molecule has 1 atom stereocenters. The highest BCUT2D eigenvalue weighted by Crippen LogP contribution is 2.14. The maximum Gasteiger partial charge on any atom is 0.0952 e. The molecule has 3 nitrogen and oxygen atoms in total. The number of hydrogen-bond acceptors (Lipinski definition) is 3. The summed E-state index contributed by atoms with van der Waals surface area (Å²) in [5.41, 5.74) is 6.91. The van der Waals surface area contributed by atoms with Crippen molar-refractivity contribution in [2.24, 2.45) is 5.73 Å². The van der Waals surface area contributed by atoms with E-state index in [4.69, 9.17) is 5.73 Å². The fourth-order valence-electron chi connectivity index (χ4n) is 1.41. The second kappa shape index (κ2) is 3.94. The molecule has 0 unspecified atom stereocenters. The predicted octanol–water partition coefficient (Wildman–Crippen LogP) is 2.01. The Bertz CT molecular complexity index is 389. The molecule has 0 fully saturated rings. The van der Waals surface area contributed by atoms with Gasteiger partial charge in [0.2, 0.25) is 0 Å². The molecule has 0 saturated heterocycles. The van der Waals surface area contributed by atoms with Crippen molar-refractivity contribution >= 4 is 11.3 Å². The fourth-order valence-corrected chi connectivity index (χ4v) is 2.12. The number of rotatable bonds is 3. The van der Waals surface area contributed by atoms with Crippen LogP contribution >= 0.6 is 11.3 Å². The zero-order valence-corrected chi connectivity index (χ0v) is 8.87.